The van der Waals surface area contributed by atoms with Crippen LogP contribution in [0.1, 0.15) is 47.5 Å². The molecule has 5 heteroatoms. The molecular weight excluding hydrogens is 302 g/mol. The number of morpholine rings is 1. The van der Waals surface area contributed by atoms with Crippen LogP contribution in [-0.2, 0) is 9.53 Å². The van der Waals surface area contributed by atoms with Gasteiger partial charge in [-0.2, -0.15) is 0 Å². The lowest BCUT2D eigenvalue weighted by Gasteiger charge is -2.43. The first-order valence-electron chi connectivity index (χ1n) is 9.81. The van der Waals surface area contributed by atoms with Gasteiger partial charge in [-0.05, 0) is 51.6 Å². The molecule has 24 heavy (non-hydrogen) atoms. The molecule has 0 radical (unpaired) electrons. The average Bonchev–Trinajstić information content (AvgIpc) is 2.52. The molecule has 2 aliphatic heterocycles. The Hall–Kier alpha value is -0.650. The van der Waals surface area contributed by atoms with E-state index in [1.165, 1.54) is 0 Å². The summed E-state index contributed by atoms with van der Waals surface area (Å²) in [5.74, 6) is 1.37. The molecule has 3 unspecified atom stereocenters. The maximum Gasteiger partial charge on any atom is 0.240 e. The highest BCUT2D eigenvalue weighted by Crippen LogP contribution is 2.23. The number of carbonyl (C=O) groups is 1. The van der Waals surface area contributed by atoms with Gasteiger partial charge in [0.05, 0.1) is 18.2 Å². The molecule has 0 aliphatic carbocycles. The molecule has 2 fully saturated rings. The van der Waals surface area contributed by atoms with Crippen molar-refractivity contribution in [3.8, 4) is 0 Å². The molecule has 2 aliphatic rings. The van der Waals surface area contributed by atoms with E-state index < -0.39 is 0 Å². The van der Waals surface area contributed by atoms with Crippen molar-refractivity contribution in [2.45, 2.75) is 65.7 Å². The minimum Gasteiger partial charge on any atom is -0.373 e. The van der Waals surface area contributed by atoms with Gasteiger partial charge in [0.1, 0.15) is 0 Å². The number of rotatable bonds is 6. The number of piperidine rings is 1. The van der Waals surface area contributed by atoms with E-state index in [0.717, 1.165) is 58.0 Å². The van der Waals surface area contributed by atoms with Crippen LogP contribution in [-0.4, -0.2) is 73.2 Å². The first-order valence-corrected chi connectivity index (χ1v) is 9.81. The Labute approximate surface area is 148 Å². The van der Waals surface area contributed by atoms with Crippen molar-refractivity contribution in [3.63, 3.8) is 0 Å². The highest BCUT2D eigenvalue weighted by atomic mass is 16.5. The number of hydrogen-bond donors (Lipinski definition) is 1. The summed E-state index contributed by atoms with van der Waals surface area (Å²) in [5, 5.41) is 3.44. The third-order valence-corrected chi connectivity index (χ3v) is 5.33. The van der Waals surface area contributed by atoms with E-state index >= 15 is 0 Å². The van der Waals surface area contributed by atoms with E-state index in [2.05, 4.69) is 49.7 Å². The Bertz CT molecular complexity index is 384. The zero-order chi connectivity index (χ0) is 17.7. The fourth-order valence-corrected chi connectivity index (χ4v) is 4.20. The van der Waals surface area contributed by atoms with Gasteiger partial charge in [-0.3, -0.25) is 9.69 Å². The lowest BCUT2D eigenvalue weighted by atomic mass is 9.94. The minimum absolute atomic E-state index is 0.0101. The van der Waals surface area contributed by atoms with Gasteiger partial charge in [0.25, 0.3) is 0 Å². The molecule has 3 atom stereocenters. The van der Waals surface area contributed by atoms with E-state index in [1.54, 1.807) is 0 Å². The molecule has 0 bridgehead atoms. The molecule has 2 heterocycles. The molecule has 1 N–H and O–H groups in total. The van der Waals surface area contributed by atoms with Gasteiger partial charge in [0, 0.05) is 26.2 Å². The first-order chi connectivity index (χ1) is 11.4. The molecule has 0 spiro atoms. The van der Waals surface area contributed by atoms with Crippen LogP contribution in [0, 0.1) is 11.8 Å². The second-order valence-electron chi connectivity index (χ2n) is 7.98. The quantitative estimate of drug-likeness (QED) is 0.804. The first kappa shape index (κ1) is 19.7. The highest BCUT2D eigenvalue weighted by molar-refractivity contribution is 5.82. The summed E-state index contributed by atoms with van der Waals surface area (Å²) in [6.07, 6.45) is 2.65. The summed E-state index contributed by atoms with van der Waals surface area (Å²) < 4.78 is 5.85. The van der Waals surface area contributed by atoms with Gasteiger partial charge in [0.2, 0.25) is 5.91 Å². The van der Waals surface area contributed by atoms with E-state index in [9.17, 15) is 4.79 Å². The molecule has 0 aromatic rings. The van der Waals surface area contributed by atoms with E-state index in [-0.39, 0.29) is 18.2 Å². The van der Waals surface area contributed by atoms with Gasteiger partial charge in [-0.1, -0.05) is 20.8 Å². The second-order valence-corrected chi connectivity index (χ2v) is 7.98. The Morgan fingerprint density at radius 3 is 2.25 bits per heavy atom. The predicted molar refractivity (Wildman–Crippen MR) is 98.1 cm³/mol. The van der Waals surface area contributed by atoms with Crippen molar-refractivity contribution in [2.24, 2.45) is 11.8 Å². The van der Waals surface area contributed by atoms with Crippen LogP contribution >= 0.6 is 0 Å². The maximum atomic E-state index is 13.2. The van der Waals surface area contributed by atoms with E-state index in [1.807, 2.05) is 0 Å². The molecule has 5 nitrogen and oxygen atoms in total. The normalized spacial score (nSPS) is 28.3. The monoisotopic (exact) mass is 339 g/mol. The van der Waals surface area contributed by atoms with Crippen LogP contribution in [0.3, 0.4) is 0 Å². The third kappa shape index (κ3) is 5.17. The van der Waals surface area contributed by atoms with Crippen LogP contribution in [0.15, 0.2) is 0 Å². The van der Waals surface area contributed by atoms with Crippen molar-refractivity contribution in [1.82, 2.24) is 15.1 Å². The van der Waals surface area contributed by atoms with Crippen LogP contribution in [0.2, 0.25) is 0 Å². The van der Waals surface area contributed by atoms with Crippen LogP contribution in [0.25, 0.3) is 0 Å². The summed E-state index contributed by atoms with van der Waals surface area (Å²) in [7, 11) is 0. The van der Waals surface area contributed by atoms with Gasteiger partial charge in [-0.15, -0.1) is 0 Å². The average molecular weight is 340 g/mol. The SMILES string of the molecule is CCNCC1CCN(C(=O)C(C(C)C)N2CC(C)OC(C)C2)CC1. The van der Waals surface area contributed by atoms with Crippen LogP contribution < -0.4 is 5.32 Å². The largest absolute Gasteiger partial charge is 0.373 e. The standard InChI is InChI=1S/C19H37N3O2/c1-6-20-11-17-7-9-21(10-8-17)19(23)18(14(2)3)22-12-15(4)24-16(5)13-22/h14-18,20H,6-13H2,1-5H3. The Morgan fingerprint density at radius 2 is 1.75 bits per heavy atom. The van der Waals surface area contributed by atoms with Gasteiger partial charge >= 0.3 is 0 Å². The van der Waals surface area contributed by atoms with Crippen LogP contribution in [0.5, 0.6) is 0 Å². The summed E-state index contributed by atoms with van der Waals surface area (Å²) in [4.78, 5) is 17.7. The number of amides is 1. The van der Waals surface area contributed by atoms with E-state index in [4.69, 9.17) is 4.74 Å². The Kier molecular flexibility index (Phi) is 7.51. The Morgan fingerprint density at radius 1 is 1.17 bits per heavy atom. The van der Waals surface area contributed by atoms with Crippen LogP contribution in [0.4, 0.5) is 0 Å². The zero-order valence-electron chi connectivity index (χ0n) is 16.3. The molecule has 140 valence electrons. The fourth-order valence-electron chi connectivity index (χ4n) is 4.20. The second kappa shape index (κ2) is 9.16. The molecule has 1 amide bonds. The summed E-state index contributed by atoms with van der Waals surface area (Å²) >= 11 is 0. The fraction of sp³-hybridized carbons (Fsp3) is 0.947. The van der Waals surface area contributed by atoms with E-state index in [0.29, 0.717) is 11.8 Å². The zero-order valence-corrected chi connectivity index (χ0v) is 16.3. The number of hydrogen-bond acceptors (Lipinski definition) is 4. The lowest BCUT2D eigenvalue weighted by molar-refractivity contribution is -0.146. The predicted octanol–water partition coefficient (Wildman–Crippen LogP) is 1.97. The molecule has 2 rings (SSSR count). The van der Waals surface area contributed by atoms with Crippen molar-refractivity contribution in [3.05, 3.63) is 0 Å². The van der Waals surface area contributed by atoms with Crippen molar-refractivity contribution in [2.75, 3.05) is 39.3 Å². The summed E-state index contributed by atoms with van der Waals surface area (Å²) in [6, 6.07) is -0.0101. The molecule has 2 saturated heterocycles. The maximum absolute atomic E-state index is 13.2. The highest BCUT2D eigenvalue weighted by Gasteiger charge is 2.37. The smallest absolute Gasteiger partial charge is 0.240 e. The molecular formula is C19H37N3O2. The Balaban J connectivity index is 1.95. The van der Waals surface area contributed by atoms with Crippen molar-refractivity contribution < 1.29 is 9.53 Å². The third-order valence-electron chi connectivity index (χ3n) is 5.33. The lowest BCUT2D eigenvalue weighted by Crippen LogP contribution is -2.58. The number of likely N-dealkylation sites (tertiary alicyclic amines) is 1. The van der Waals surface area contributed by atoms with Gasteiger partial charge in [0.15, 0.2) is 0 Å². The van der Waals surface area contributed by atoms with Gasteiger partial charge in [-0.25, -0.2) is 0 Å². The number of nitrogens with one attached hydrogen (secondary N) is 1. The van der Waals surface area contributed by atoms with Crippen molar-refractivity contribution >= 4 is 5.91 Å². The van der Waals surface area contributed by atoms with Crippen molar-refractivity contribution in [1.29, 1.82) is 0 Å². The number of nitrogens with zero attached hydrogens (tertiary/aromatic N) is 2. The minimum atomic E-state index is -0.0101. The number of carbonyl (C=O) groups excluding carboxylic acids is 1. The molecule has 0 saturated carbocycles. The van der Waals surface area contributed by atoms with Gasteiger partial charge < -0.3 is 15.0 Å². The summed E-state index contributed by atoms with van der Waals surface area (Å²) in [6.45, 7) is 16.4. The number of ether oxygens (including phenoxy) is 1. The topological polar surface area (TPSA) is 44.8 Å². The molecule has 0 aromatic heterocycles. The summed E-state index contributed by atoms with van der Waals surface area (Å²) in [5.41, 5.74) is 0. The molecule has 0 aromatic carbocycles.